The number of carbonyl (C=O) groups is 2. The van der Waals surface area contributed by atoms with Gasteiger partial charge in [0.2, 0.25) is 0 Å². The van der Waals surface area contributed by atoms with Gasteiger partial charge in [0.1, 0.15) is 31.0 Å². The molecule has 0 aliphatic carbocycles. The Morgan fingerprint density at radius 3 is 2.63 bits per heavy atom. The van der Waals surface area contributed by atoms with Crippen molar-refractivity contribution in [2.45, 2.75) is 39.0 Å². The number of quaternary nitrogens is 1. The molecule has 1 amide bonds. The van der Waals surface area contributed by atoms with Crippen molar-refractivity contribution in [2.75, 3.05) is 25.5 Å². The van der Waals surface area contributed by atoms with Crippen LogP contribution in [0.1, 0.15) is 31.3 Å². The minimum Gasteiger partial charge on any atom is -0.464 e. The minimum absolute atomic E-state index is 0.0940. The van der Waals surface area contributed by atoms with Gasteiger partial charge in [-0.1, -0.05) is 11.6 Å². The van der Waals surface area contributed by atoms with Crippen molar-refractivity contribution >= 4 is 40.1 Å². The molecule has 2 aromatic rings. The molecule has 1 aromatic carbocycles. The van der Waals surface area contributed by atoms with Crippen LogP contribution >= 0.6 is 11.6 Å². The van der Waals surface area contributed by atoms with Crippen molar-refractivity contribution in [3.63, 3.8) is 0 Å². The van der Waals surface area contributed by atoms with Gasteiger partial charge in [-0.25, -0.2) is 4.79 Å². The summed E-state index contributed by atoms with van der Waals surface area (Å²) in [5.74, 6) is -0.719. The molecule has 3 atom stereocenters. The highest BCUT2D eigenvalue weighted by atomic mass is 35.5. The van der Waals surface area contributed by atoms with Gasteiger partial charge in [-0.3, -0.25) is 4.79 Å². The summed E-state index contributed by atoms with van der Waals surface area (Å²) in [6, 6.07) is 4.90. The standard InChI is InChI=1S/C19H24ClN3O4/c1-10-8-23(9-11(2)27-10)12(3)18(24)22-16-14-7-13(20)5-6-15(14)21-17(16)19(25)26-4/h5-7,10-12,21H,8-9H2,1-4H3,(H,22,24)/p+1/t10-,11-,12+/m1/s1. The number of morpholine rings is 1. The Kier molecular flexibility index (Phi) is 5.74. The first kappa shape index (κ1) is 19.7. The number of carbonyl (C=O) groups excluding carboxylic acids is 2. The lowest BCUT2D eigenvalue weighted by Gasteiger charge is -2.35. The van der Waals surface area contributed by atoms with Crippen LogP contribution in [0.5, 0.6) is 0 Å². The molecule has 3 N–H and O–H groups in total. The van der Waals surface area contributed by atoms with Crippen LogP contribution in [-0.2, 0) is 14.3 Å². The number of anilines is 1. The van der Waals surface area contributed by atoms with Gasteiger partial charge in [-0.2, -0.15) is 0 Å². The molecule has 1 aromatic heterocycles. The van der Waals surface area contributed by atoms with E-state index in [0.717, 1.165) is 18.0 Å². The van der Waals surface area contributed by atoms with E-state index in [0.29, 0.717) is 21.6 Å². The molecule has 0 spiro atoms. The predicted molar refractivity (Wildman–Crippen MR) is 103 cm³/mol. The zero-order valence-electron chi connectivity index (χ0n) is 15.9. The first-order valence-corrected chi connectivity index (χ1v) is 9.38. The summed E-state index contributed by atoms with van der Waals surface area (Å²) in [6.07, 6.45) is 0.188. The highest BCUT2D eigenvalue weighted by Crippen LogP contribution is 2.30. The predicted octanol–water partition coefficient (Wildman–Crippen LogP) is 1.63. The SMILES string of the molecule is COC(=O)c1[nH]c2ccc(Cl)cc2c1NC(=O)[C@H](C)[NH+]1C[C@@H](C)O[C@H](C)C1. The molecule has 8 heteroatoms. The van der Waals surface area contributed by atoms with Crippen molar-refractivity contribution in [2.24, 2.45) is 0 Å². The van der Waals surface area contributed by atoms with Gasteiger partial charge >= 0.3 is 5.97 Å². The van der Waals surface area contributed by atoms with E-state index in [2.05, 4.69) is 10.3 Å². The first-order valence-electron chi connectivity index (χ1n) is 9.00. The maximum atomic E-state index is 12.9. The van der Waals surface area contributed by atoms with Crippen molar-refractivity contribution in [3.05, 3.63) is 28.9 Å². The number of aromatic amines is 1. The lowest BCUT2D eigenvalue weighted by Crippen LogP contribution is -3.19. The molecule has 1 aliphatic rings. The Bertz CT molecular complexity index is 856. The van der Waals surface area contributed by atoms with E-state index in [1.54, 1.807) is 18.2 Å². The smallest absolute Gasteiger partial charge is 0.356 e. The third-order valence-corrected chi connectivity index (χ3v) is 5.20. The quantitative estimate of drug-likeness (QED) is 0.688. The van der Waals surface area contributed by atoms with Crippen LogP contribution in [0.3, 0.4) is 0 Å². The van der Waals surface area contributed by atoms with Crippen molar-refractivity contribution < 1.29 is 24.0 Å². The summed E-state index contributed by atoms with van der Waals surface area (Å²) in [6.45, 7) is 7.41. The lowest BCUT2D eigenvalue weighted by atomic mass is 10.1. The first-order chi connectivity index (χ1) is 12.8. The van der Waals surface area contributed by atoms with Crippen molar-refractivity contribution in [1.29, 1.82) is 0 Å². The largest absolute Gasteiger partial charge is 0.464 e. The normalized spacial score (nSPS) is 23.8. The van der Waals surface area contributed by atoms with E-state index < -0.39 is 5.97 Å². The number of ether oxygens (including phenoxy) is 2. The number of esters is 1. The van der Waals surface area contributed by atoms with Gasteiger partial charge in [0.05, 0.1) is 12.8 Å². The van der Waals surface area contributed by atoms with Crippen LogP contribution in [0.15, 0.2) is 18.2 Å². The Morgan fingerprint density at radius 1 is 1.33 bits per heavy atom. The van der Waals surface area contributed by atoms with E-state index in [4.69, 9.17) is 21.1 Å². The second-order valence-corrected chi connectivity index (χ2v) is 7.53. The minimum atomic E-state index is -0.550. The fraction of sp³-hybridized carbons (Fsp3) is 0.474. The lowest BCUT2D eigenvalue weighted by molar-refractivity contribution is -0.928. The van der Waals surface area contributed by atoms with Crippen LogP contribution < -0.4 is 10.2 Å². The summed E-state index contributed by atoms with van der Waals surface area (Å²) in [7, 11) is 1.30. The van der Waals surface area contributed by atoms with Crippen LogP contribution in [0.4, 0.5) is 5.69 Å². The summed E-state index contributed by atoms with van der Waals surface area (Å²) in [4.78, 5) is 29.3. The zero-order chi connectivity index (χ0) is 19.7. The molecule has 7 nitrogen and oxygen atoms in total. The average molecular weight is 395 g/mol. The van der Waals surface area contributed by atoms with Gasteiger partial charge in [0, 0.05) is 15.9 Å². The van der Waals surface area contributed by atoms with Crippen molar-refractivity contribution in [3.8, 4) is 0 Å². The number of benzene rings is 1. The maximum absolute atomic E-state index is 12.9. The third kappa shape index (κ3) is 4.10. The molecule has 0 bridgehead atoms. The molecule has 1 aliphatic heterocycles. The number of methoxy groups -OCH3 is 1. The molecule has 27 heavy (non-hydrogen) atoms. The summed E-state index contributed by atoms with van der Waals surface area (Å²) >= 11 is 6.11. The fourth-order valence-corrected chi connectivity index (χ4v) is 3.81. The Balaban J connectivity index is 1.89. The molecule has 0 saturated carbocycles. The van der Waals surface area contributed by atoms with E-state index in [-0.39, 0.29) is 29.9 Å². The molecule has 2 heterocycles. The van der Waals surface area contributed by atoms with Crippen LogP contribution in [0, 0.1) is 0 Å². The van der Waals surface area contributed by atoms with Crippen LogP contribution in [0.25, 0.3) is 10.9 Å². The van der Waals surface area contributed by atoms with E-state index in [9.17, 15) is 9.59 Å². The molecule has 3 rings (SSSR count). The Morgan fingerprint density at radius 2 is 2.00 bits per heavy atom. The number of hydrogen-bond acceptors (Lipinski definition) is 4. The molecular formula is C19H25ClN3O4+. The number of rotatable bonds is 4. The van der Waals surface area contributed by atoms with E-state index in [1.165, 1.54) is 7.11 Å². The highest BCUT2D eigenvalue weighted by molar-refractivity contribution is 6.31. The number of hydrogen-bond donors (Lipinski definition) is 3. The van der Waals surface area contributed by atoms with Gasteiger partial charge in [0.25, 0.3) is 5.91 Å². The monoisotopic (exact) mass is 394 g/mol. The van der Waals surface area contributed by atoms with Crippen LogP contribution in [0.2, 0.25) is 5.02 Å². The van der Waals surface area contributed by atoms with Gasteiger partial charge in [0.15, 0.2) is 6.04 Å². The molecule has 0 radical (unpaired) electrons. The number of halogens is 1. The fourth-order valence-electron chi connectivity index (χ4n) is 3.63. The topological polar surface area (TPSA) is 84.9 Å². The summed E-state index contributed by atoms with van der Waals surface area (Å²) in [5, 5.41) is 4.10. The Labute approximate surface area is 162 Å². The highest BCUT2D eigenvalue weighted by Gasteiger charge is 2.34. The van der Waals surface area contributed by atoms with Gasteiger partial charge in [-0.05, 0) is 39.0 Å². The molecule has 1 saturated heterocycles. The van der Waals surface area contributed by atoms with E-state index >= 15 is 0 Å². The molecule has 146 valence electrons. The Hall–Kier alpha value is -2.09. The second-order valence-electron chi connectivity index (χ2n) is 7.09. The third-order valence-electron chi connectivity index (χ3n) is 4.97. The number of nitrogens with one attached hydrogen (secondary N) is 3. The van der Waals surface area contributed by atoms with Crippen LogP contribution in [-0.4, -0.2) is 55.3 Å². The number of fused-ring (bicyclic) bond motifs is 1. The number of amides is 1. The van der Waals surface area contributed by atoms with Gasteiger partial charge < -0.3 is 24.7 Å². The zero-order valence-corrected chi connectivity index (χ0v) is 16.6. The number of H-pyrrole nitrogens is 1. The van der Waals surface area contributed by atoms with Crippen molar-refractivity contribution in [1.82, 2.24) is 4.98 Å². The van der Waals surface area contributed by atoms with E-state index in [1.807, 2.05) is 20.8 Å². The molecule has 1 fully saturated rings. The molecule has 0 unspecified atom stereocenters. The second kappa shape index (κ2) is 7.88. The number of aromatic nitrogens is 1. The average Bonchev–Trinajstić information content (AvgIpc) is 2.97. The summed E-state index contributed by atoms with van der Waals surface area (Å²) in [5.41, 5.74) is 1.29. The molecular weight excluding hydrogens is 370 g/mol. The van der Waals surface area contributed by atoms with Gasteiger partial charge in [-0.15, -0.1) is 0 Å². The summed E-state index contributed by atoms with van der Waals surface area (Å²) < 4.78 is 10.6. The maximum Gasteiger partial charge on any atom is 0.356 e.